The number of benzene rings is 1. The van der Waals surface area contributed by atoms with Gasteiger partial charge < -0.3 is 15.8 Å². The lowest BCUT2D eigenvalue weighted by molar-refractivity contribution is 0.412. The van der Waals surface area contributed by atoms with Crippen LogP contribution >= 0.6 is 0 Å². The lowest BCUT2D eigenvalue weighted by atomic mass is 10.2. The van der Waals surface area contributed by atoms with Crippen molar-refractivity contribution in [2.75, 3.05) is 18.2 Å². The zero-order valence-corrected chi connectivity index (χ0v) is 9.77. The molecule has 0 aliphatic rings. The number of nitrogen functional groups attached to an aromatic ring is 1. The topological polar surface area (TPSA) is 73.1 Å². The van der Waals surface area contributed by atoms with Crippen LogP contribution in [0.2, 0.25) is 0 Å². The highest BCUT2D eigenvalue weighted by molar-refractivity contribution is 5.59. The highest BCUT2D eigenvalue weighted by atomic mass is 16.5. The molecule has 0 aliphatic carbocycles. The minimum atomic E-state index is 0.404. The van der Waals surface area contributed by atoms with E-state index in [9.17, 15) is 0 Å². The maximum atomic E-state index is 5.46. The molecule has 0 aliphatic heterocycles. The van der Waals surface area contributed by atoms with Crippen LogP contribution in [0.3, 0.4) is 0 Å². The Kier molecular flexibility index (Phi) is 3.09. The second-order valence-electron chi connectivity index (χ2n) is 3.65. The van der Waals surface area contributed by atoms with Gasteiger partial charge in [-0.15, -0.1) is 10.2 Å². The molecule has 5 nitrogen and oxygen atoms in total. The van der Waals surface area contributed by atoms with Crippen molar-refractivity contribution in [2.45, 2.75) is 6.92 Å². The maximum absolute atomic E-state index is 5.46. The number of rotatable bonds is 3. The van der Waals surface area contributed by atoms with E-state index in [4.69, 9.17) is 10.5 Å². The summed E-state index contributed by atoms with van der Waals surface area (Å²) in [5, 5.41) is 10.8. The number of aromatic nitrogens is 2. The molecule has 5 heteroatoms. The van der Waals surface area contributed by atoms with E-state index in [0.717, 1.165) is 17.0 Å². The van der Waals surface area contributed by atoms with Gasteiger partial charge in [0.1, 0.15) is 11.6 Å². The Labute approximate surface area is 99.6 Å². The highest BCUT2D eigenvalue weighted by Crippen LogP contribution is 2.23. The van der Waals surface area contributed by atoms with Gasteiger partial charge in [-0.25, -0.2) is 0 Å². The van der Waals surface area contributed by atoms with Gasteiger partial charge in [0.25, 0.3) is 0 Å². The van der Waals surface area contributed by atoms with Gasteiger partial charge in [-0.05, 0) is 42.8 Å². The molecule has 3 N–H and O–H groups in total. The lowest BCUT2D eigenvalue weighted by Gasteiger charge is -2.08. The fraction of sp³-hybridized carbons (Fsp3) is 0.167. The molecule has 1 aromatic heterocycles. The van der Waals surface area contributed by atoms with Crippen LogP contribution in [0.1, 0.15) is 5.56 Å². The number of hydrogen-bond acceptors (Lipinski definition) is 5. The molecule has 17 heavy (non-hydrogen) atoms. The second-order valence-corrected chi connectivity index (χ2v) is 3.65. The van der Waals surface area contributed by atoms with Crippen LogP contribution in [0, 0.1) is 6.92 Å². The van der Waals surface area contributed by atoms with Gasteiger partial charge in [0.05, 0.1) is 7.11 Å². The minimum absolute atomic E-state index is 0.404. The molecule has 0 saturated heterocycles. The molecule has 0 radical (unpaired) electrons. The molecule has 88 valence electrons. The van der Waals surface area contributed by atoms with Crippen molar-refractivity contribution in [1.82, 2.24) is 10.2 Å². The van der Waals surface area contributed by atoms with Crippen LogP contribution in [0.25, 0.3) is 0 Å². The number of methoxy groups -OCH3 is 1. The Morgan fingerprint density at radius 3 is 2.59 bits per heavy atom. The maximum Gasteiger partial charge on any atom is 0.153 e. The molecule has 0 unspecified atom stereocenters. The predicted octanol–water partition coefficient (Wildman–Crippen LogP) is 2.12. The molecule has 1 aromatic carbocycles. The number of nitrogens with one attached hydrogen (secondary N) is 1. The first-order valence-corrected chi connectivity index (χ1v) is 5.20. The van der Waals surface area contributed by atoms with Gasteiger partial charge in [-0.1, -0.05) is 0 Å². The molecule has 2 rings (SSSR count). The summed E-state index contributed by atoms with van der Waals surface area (Å²) in [7, 11) is 1.65. The smallest absolute Gasteiger partial charge is 0.153 e. The van der Waals surface area contributed by atoms with Crippen molar-refractivity contribution in [3.05, 3.63) is 35.9 Å². The number of nitrogens with two attached hydrogens (primary N) is 1. The van der Waals surface area contributed by atoms with E-state index in [-0.39, 0.29) is 0 Å². The van der Waals surface area contributed by atoms with Crippen LogP contribution in [0.5, 0.6) is 5.75 Å². The quantitative estimate of drug-likeness (QED) is 0.844. The van der Waals surface area contributed by atoms with Crippen molar-refractivity contribution in [2.24, 2.45) is 0 Å². The van der Waals surface area contributed by atoms with E-state index < -0.39 is 0 Å². The number of ether oxygens (including phenoxy) is 1. The number of nitrogens with zero attached hydrogens (tertiary/aromatic N) is 2. The zero-order valence-electron chi connectivity index (χ0n) is 9.77. The van der Waals surface area contributed by atoms with E-state index in [1.165, 1.54) is 0 Å². The summed E-state index contributed by atoms with van der Waals surface area (Å²) in [4.78, 5) is 0. The van der Waals surface area contributed by atoms with Crippen LogP contribution in [0.15, 0.2) is 30.3 Å². The first kappa shape index (κ1) is 11.2. The molecular weight excluding hydrogens is 216 g/mol. The van der Waals surface area contributed by atoms with Gasteiger partial charge in [0, 0.05) is 5.69 Å². The molecule has 2 aromatic rings. The van der Waals surface area contributed by atoms with E-state index in [1.807, 2.05) is 25.1 Å². The van der Waals surface area contributed by atoms with E-state index >= 15 is 0 Å². The summed E-state index contributed by atoms with van der Waals surface area (Å²) in [5.74, 6) is 1.92. The van der Waals surface area contributed by atoms with Crippen LogP contribution in [0.4, 0.5) is 17.3 Å². The fourth-order valence-electron chi connectivity index (χ4n) is 1.51. The van der Waals surface area contributed by atoms with Crippen molar-refractivity contribution in [3.63, 3.8) is 0 Å². The van der Waals surface area contributed by atoms with E-state index in [0.29, 0.717) is 11.6 Å². The third-order valence-corrected chi connectivity index (χ3v) is 2.35. The lowest BCUT2D eigenvalue weighted by Crippen LogP contribution is -1.98. The molecule has 0 bridgehead atoms. The molecule has 0 amide bonds. The largest absolute Gasteiger partial charge is 0.496 e. The Morgan fingerprint density at radius 1 is 1.18 bits per heavy atom. The molecular formula is C12H14N4O. The molecule has 0 spiro atoms. The van der Waals surface area contributed by atoms with Gasteiger partial charge in [-0.2, -0.15) is 0 Å². The van der Waals surface area contributed by atoms with Crippen LogP contribution in [-0.2, 0) is 0 Å². The van der Waals surface area contributed by atoms with Gasteiger partial charge >= 0.3 is 0 Å². The Hall–Kier alpha value is -2.30. The standard InChI is InChI=1S/C12H14N4O/c1-8-7-9(3-4-10(8)17-2)14-12-6-5-11(13)15-16-12/h3-7H,1-2H3,(H2,13,15)(H,14,16). The number of anilines is 3. The average molecular weight is 230 g/mol. The predicted molar refractivity (Wildman–Crippen MR) is 67.5 cm³/mol. The number of hydrogen-bond donors (Lipinski definition) is 2. The minimum Gasteiger partial charge on any atom is -0.496 e. The Morgan fingerprint density at radius 2 is 2.00 bits per heavy atom. The normalized spacial score (nSPS) is 10.0. The summed E-state index contributed by atoms with van der Waals surface area (Å²) in [6.45, 7) is 1.98. The number of aryl methyl sites for hydroxylation is 1. The fourth-order valence-corrected chi connectivity index (χ4v) is 1.51. The third kappa shape index (κ3) is 2.63. The zero-order chi connectivity index (χ0) is 12.3. The Balaban J connectivity index is 2.19. The van der Waals surface area contributed by atoms with E-state index in [2.05, 4.69) is 15.5 Å². The molecule has 0 saturated carbocycles. The second kappa shape index (κ2) is 4.69. The van der Waals surface area contributed by atoms with Crippen molar-refractivity contribution in [1.29, 1.82) is 0 Å². The average Bonchev–Trinajstić information content (AvgIpc) is 2.32. The Bertz CT molecular complexity index is 510. The van der Waals surface area contributed by atoms with Crippen molar-refractivity contribution in [3.8, 4) is 5.75 Å². The summed E-state index contributed by atoms with van der Waals surface area (Å²) in [6.07, 6.45) is 0. The van der Waals surface area contributed by atoms with Crippen LogP contribution in [-0.4, -0.2) is 17.3 Å². The van der Waals surface area contributed by atoms with E-state index in [1.54, 1.807) is 19.2 Å². The molecule has 0 atom stereocenters. The summed E-state index contributed by atoms with van der Waals surface area (Å²) in [5.41, 5.74) is 7.45. The van der Waals surface area contributed by atoms with Gasteiger partial charge in [0.2, 0.25) is 0 Å². The first-order valence-electron chi connectivity index (χ1n) is 5.20. The van der Waals surface area contributed by atoms with Gasteiger partial charge in [-0.3, -0.25) is 0 Å². The monoisotopic (exact) mass is 230 g/mol. The SMILES string of the molecule is COc1ccc(Nc2ccc(N)nn2)cc1C. The third-order valence-electron chi connectivity index (χ3n) is 2.35. The van der Waals surface area contributed by atoms with Gasteiger partial charge in [0.15, 0.2) is 5.82 Å². The molecule has 0 fully saturated rings. The van der Waals surface area contributed by atoms with Crippen molar-refractivity contribution >= 4 is 17.3 Å². The molecule has 1 heterocycles. The summed E-state index contributed by atoms with van der Waals surface area (Å²) in [6, 6.07) is 9.29. The van der Waals surface area contributed by atoms with Crippen molar-refractivity contribution < 1.29 is 4.74 Å². The first-order chi connectivity index (χ1) is 8.19. The summed E-state index contributed by atoms with van der Waals surface area (Å²) < 4.78 is 5.19. The highest BCUT2D eigenvalue weighted by Gasteiger charge is 2.01. The summed E-state index contributed by atoms with van der Waals surface area (Å²) >= 11 is 0. The van der Waals surface area contributed by atoms with Crippen LogP contribution < -0.4 is 15.8 Å².